The second kappa shape index (κ2) is 6.55. The Hall–Kier alpha value is -0.840. The van der Waals surface area contributed by atoms with Crippen molar-refractivity contribution in [3.8, 4) is 0 Å². The maximum atomic E-state index is 5.73. The van der Waals surface area contributed by atoms with E-state index in [2.05, 4.69) is 16.3 Å². The van der Waals surface area contributed by atoms with E-state index in [-0.39, 0.29) is 0 Å². The van der Waals surface area contributed by atoms with Crippen LogP contribution in [0.1, 0.15) is 37.2 Å². The first-order valence-electron chi connectivity index (χ1n) is 7.51. The van der Waals surface area contributed by atoms with Crippen LogP contribution in [0.5, 0.6) is 0 Å². The number of ether oxygens (including phenoxy) is 1. The highest BCUT2D eigenvalue weighted by Crippen LogP contribution is 2.19. The zero-order valence-corrected chi connectivity index (χ0v) is 11.6. The van der Waals surface area contributed by atoms with E-state index >= 15 is 0 Å². The largest absolute Gasteiger partial charge is 0.462 e. The summed E-state index contributed by atoms with van der Waals surface area (Å²) in [5, 5.41) is 3.45. The van der Waals surface area contributed by atoms with Crippen molar-refractivity contribution < 1.29 is 9.15 Å². The van der Waals surface area contributed by atoms with Crippen LogP contribution in [-0.2, 0) is 17.9 Å². The number of likely N-dealkylation sites (tertiary alicyclic amines) is 1. The van der Waals surface area contributed by atoms with Gasteiger partial charge in [-0.15, -0.1) is 0 Å². The molecular weight excluding hydrogens is 240 g/mol. The second-order valence-corrected chi connectivity index (χ2v) is 5.62. The summed E-state index contributed by atoms with van der Waals surface area (Å²) in [5.41, 5.74) is 0. The van der Waals surface area contributed by atoms with Crippen LogP contribution in [0.2, 0.25) is 0 Å². The van der Waals surface area contributed by atoms with Crippen LogP contribution >= 0.6 is 0 Å². The van der Waals surface area contributed by atoms with E-state index in [1.807, 2.05) is 6.07 Å². The smallest absolute Gasteiger partial charge is 0.129 e. The molecule has 0 unspecified atom stereocenters. The van der Waals surface area contributed by atoms with E-state index in [1.54, 1.807) is 0 Å². The Morgan fingerprint density at radius 1 is 1.21 bits per heavy atom. The lowest BCUT2D eigenvalue weighted by molar-refractivity contribution is 0.0867. The van der Waals surface area contributed by atoms with Crippen LogP contribution in [-0.4, -0.2) is 37.2 Å². The van der Waals surface area contributed by atoms with Crippen molar-refractivity contribution in [1.29, 1.82) is 0 Å². The molecule has 1 aromatic heterocycles. The second-order valence-electron chi connectivity index (χ2n) is 5.62. The molecule has 1 saturated carbocycles. The Kier molecular flexibility index (Phi) is 4.53. The first-order chi connectivity index (χ1) is 9.40. The van der Waals surface area contributed by atoms with Crippen LogP contribution in [0.3, 0.4) is 0 Å². The summed E-state index contributed by atoms with van der Waals surface area (Å²) in [5.74, 6) is 1.96. The molecule has 0 aromatic carbocycles. The fourth-order valence-electron chi connectivity index (χ4n) is 2.50. The summed E-state index contributed by atoms with van der Waals surface area (Å²) in [6.07, 6.45) is 5.31. The van der Waals surface area contributed by atoms with Gasteiger partial charge in [0.2, 0.25) is 0 Å². The van der Waals surface area contributed by atoms with Crippen molar-refractivity contribution in [3.63, 3.8) is 0 Å². The molecule has 1 aromatic rings. The van der Waals surface area contributed by atoms with Crippen LogP contribution < -0.4 is 5.32 Å². The van der Waals surface area contributed by atoms with E-state index < -0.39 is 0 Å². The van der Waals surface area contributed by atoms with Crippen molar-refractivity contribution in [2.75, 3.05) is 26.2 Å². The summed E-state index contributed by atoms with van der Waals surface area (Å²) in [4.78, 5) is 2.47. The standard InChI is InChI=1S/C15H24N2O2/c1-2-8-17(7-1)9-10-18-12-15-6-5-14(19-15)11-16-13-3-4-13/h5-6,13,16H,1-4,7-12H2. The number of rotatable bonds is 8. The number of furan rings is 1. The molecule has 19 heavy (non-hydrogen) atoms. The van der Waals surface area contributed by atoms with E-state index in [0.29, 0.717) is 6.61 Å². The SMILES string of the molecule is c1cc(COCCN2CCCC2)oc1CNC1CC1. The number of hydrogen-bond donors (Lipinski definition) is 1. The molecule has 2 aliphatic rings. The first kappa shape index (κ1) is 13.2. The highest BCUT2D eigenvalue weighted by atomic mass is 16.5. The average Bonchev–Trinajstić information content (AvgIpc) is 2.91. The molecule has 1 aliphatic heterocycles. The molecule has 1 saturated heterocycles. The van der Waals surface area contributed by atoms with E-state index in [9.17, 15) is 0 Å². The van der Waals surface area contributed by atoms with Gasteiger partial charge in [0.15, 0.2) is 0 Å². The molecule has 106 valence electrons. The molecule has 0 spiro atoms. The van der Waals surface area contributed by atoms with Crippen LogP contribution in [0.15, 0.2) is 16.5 Å². The van der Waals surface area contributed by atoms with Crippen molar-refractivity contribution in [1.82, 2.24) is 10.2 Å². The van der Waals surface area contributed by atoms with Gasteiger partial charge in [-0.1, -0.05) is 0 Å². The zero-order chi connectivity index (χ0) is 12.9. The van der Waals surface area contributed by atoms with Gasteiger partial charge in [0.1, 0.15) is 18.1 Å². The van der Waals surface area contributed by atoms with Gasteiger partial charge >= 0.3 is 0 Å². The van der Waals surface area contributed by atoms with Gasteiger partial charge < -0.3 is 19.4 Å². The molecule has 2 fully saturated rings. The van der Waals surface area contributed by atoms with E-state index in [1.165, 1.54) is 38.8 Å². The molecule has 0 radical (unpaired) electrons. The van der Waals surface area contributed by atoms with Crippen molar-refractivity contribution in [3.05, 3.63) is 23.7 Å². The van der Waals surface area contributed by atoms with E-state index in [0.717, 1.165) is 37.3 Å². The number of nitrogens with zero attached hydrogens (tertiary/aromatic N) is 1. The van der Waals surface area contributed by atoms with Gasteiger partial charge in [-0.25, -0.2) is 0 Å². The third-order valence-corrected chi connectivity index (χ3v) is 3.85. The monoisotopic (exact) mass is 264 g/mol. The summed E-state index contributed by atoms with van der Waals surface area (Å²) < 4.78 is 11.4. The highest BCUT2D eigenvalue weighted by molar-refractivity contribution is 5.06. The minimum absolute atomic E-state index is 0.595. The third kappa shape index (κ3) is 4.34. The van der Waals surface area contributed by atoms with Gasteiger partial charge in [-0.3, -0.25) is 0 Å². The maximum Gasteiger partial charge on any atom is 0.129 e. The maximum absolute atomic E-state index is 5.73. The number of hydrogen-bond acceptors (Lipinski definition) is 4. The molecule has 3 rings (SSSR count). The molecule has 1 N–H and O–H groups in total. The Labute approximate surface area is 115 Å². The van der Waals surface area contributed by atoms with Gasteiger partial charge in [-0.05, 0) is 50.9 Å². The molecule has 0 atom stereocenters. The number of nitrogens with one attached hydrogen (secondary N) is 1. The summed E-state index contributed by atoms with van der Waals surface area (Å²) in [7, 11) is 0. The van der Waals surface area contributed by atoms with Crippen LogP contribution in [0.4, 0.5) is 0 Å². The topological polar surface area (TPSA) is 37.6 Å². The molecular formula is C15H24N2O2. The fraction of sp³-hybridized carbons (Fsp3) is 0.733. The Bertz CT molecular complexity index is 381. The predicted octanol–water partition coefficient (Wildman–Crippen LogP) is 2.14. The zero-order valence-electron chi connectivity index (χ0n) is 11.6. The summed E-state index contributed by atoms with van der Waals surface area (Å²) >= 11 is 0. The molecule has 4 heteroatoms. The van der Waals surface area contributed by atoms with Crippen LogP contribution in [0, 0.1) is 0 Å². The molecule has 0 amide bonds. The summed E-state index contributed by atoms with van der Waals surface area (Å²) in [6.45, 7) is 5.77. The first-order valence-corrected chi connectivity index (χ1v) is 7.51. The van der Waals surface area contributed by atoms with Crippen molar-refractivity contribution >= 4 is 0 Å². The molecule has 1 aliphatic carbocycles. The molecule has 4 nitrogen and oxygen atoms in total. The van der Waals surface area contributed by atoms with E-state index in [4.69, 9.17) is 9.15 Å². The lowest BCUT2D eigenvalue weighted by Crippen LogP contribution is -2.23. The Morgan fingerprint density at radius 3 is 2.79 bits per heavy atom. The minimum Gasteiger partial charge on any atom is -0.462 e. The predicted molar refractivity (Wildman–Crippen MR) is 73.9 cm³/mol. The third-order valence-electron chi connectivity index (χ3n) is 3.85. The Balaban J connectivity index is 1.30. The quantitative estimate of drug-likeness (QED) is 0.730. The Morgan fingerprint density at radius 2 is 2.00 bits per heavy atom. The van der Waals surface area contributed by atoms with Gasteiger partial charge in [-0.2, -0.15) is 0 Å². The average molecular weight is 264 g/mol. The summed E-state index contributed by atoms with van der Waals surface area (Å²) in [6, 6.07) is 4.80. The van der Waals surface area contributed by atoms with Gasteiger partial charge in [0.05, 0.1) is 13.2 Å². The lowest BCUT2D eigenvalue weighted by Gasteiger charge is -2.13. The molecule has 0 bridgehead atoms. The molecule has 2 heterocycles. The van der Waals surface area contributed by atoms with Crippen molar-refractivity contribution in [2.45, 2.75) is 44.9 Å². The normalized spacial score (nSPS) is 20.2. The highest BCUT2D eigenvalue weighted by Gasteiger charge is 2.20. The van der Waals surface area contributed by atoms with Crippen molar-refractivity contribution in [2.24, 2.45) is 0 Å². The fourth-order valence-corrected chi connectivity index (χ4v) is 2.50. The lowest BCUT2D eigenvalue weighted by atomic mass is 10.4. The van der Waals surface area contributed by atoms with Crippen LogP contribution in [0.25, 0.3) is 0 Å². The minimum atomic E-state index is 0.595. The van der Waals surface area contributed by atoms with Gasteiger partial charge in [0.25, 0.3) is 0 Å². The van der Waals surface area contributed by atoms with Gasteiger partial charge in [0, 0.05) is 12.6 Å².